The molecule has 0 saturated carbocycles. The zero-order valence-electron chi connectivity index (χ0n) is 11.5. The van der Waals surface area contributed by atoms with E-state index in [1.165, 1.54) is 11.1 Å². The predicted octanol–water partition coefficient (Wildman–Crippen LogP) is 4.12. The van der Waals surface area contributed by atoms with Crippen LogP contribution in [-0.4, -0.2) is 12.5 Å². The summed E-state index contributed by atoms with van der Waals surface area (Å²) in [6.45, 7) is 4.34. The van der Waals surface area contributed by atoms with Gasteiger partial charge in [-0.15, -0.1) is 0 Å². The van der Waals surface area contributed by atoms with Gasteiger partial charge in [-0.3, -0.25) is 4.79 Å². The van der Waals surface area contributed by atoms with E-state index in [1.54, 1.807) is 0 Å². The van der Waals surface area contributed by atoms with Gasteiger partial charge in [0.05, 0.1) is 12.2 Å². The molecule has 2 N–H and O–H groups in total. The fourth-order valence-electron chi connectivity index (χ4n) is 1.88. The number of nitrogens with one attached hydrogen (secondary N) is 2. The summed E-state index contributed by atoms with van der Waals surface area (Å²) in [6.07, 6.45) is 0. The van der Waals surface area contributed by atoms with Gasteiger partial charge in [0.15, 0.2) is 0 Å². The number of anilines is 2. The molecule has 0 aliphatic rings. The van der Waals surface area contributed by atoms with Crippen molar-refractivity contribution < 1.29 is 4.79 Å². The van der Waals surface area contributed by atoms with E-state index < -0.39 is 0 Å². The Morgan fingerprint density at radius 2 is 1.75 bits per heavy atom. The molecule has 0 aromatic heterocycles. The highest BCUT2D eigenvalue weighted by atomic mass is 79.9. The van der Waals surface area contributed by atoms with Crippen LogP contribution in [0.4, 0.5) is 11.4 Å². The highest BCUT2D eigenvalue weighted by molar-refractivity contribution is 9.10. The van der Waals surface area contributed by atoms with Crippen LogP contribution < -0.4 is 10.6 Å². The lowest BCUT2D eigenvalue weighted by Crippen LogP contribution is -2.22. The number of carbonyl (C=O) groups excluding carboxylic acids is 1. The van der Waals surface area contributed by atoms with Crippen LogP contribution in [0.5, 0.6) is 0 Å². The molecule has 0 unspecified atom stereocenters. The van der Waals surface area contributed by atoms with E-state index in [-0.39, 0.29) is 12.5 Å². The molecule has 2 rings (SSSR count). The van der Waals surface area contributed by atoms with Crippen molar-refractivity contribution in [2.45, 2.75) is 13.8 Å². The number of amides is 1. The van der Waals surface area contributed by atoms with Gasteiger partial charge in [0.25, 0.3) is 0 Å². The Bertz CT molecular complexity index is 626. The Balaban J connectivity index is 1.96. The molecule has 0 bridgehead atoms. The molecule has 104 valence electrons. The standard InChI is InChI=1S/C16H17BrN2O/c1-11-6-5-9-14(12(11)2)18-10-16(20)19-15-8-4-3-7-13(15)17/h3-9,18H,10H2,1-2H3,(H,19,20). The molecule has 0 saturated heterocycles. The molecule has 1 amide bonds. The number of aryl methyl sites for hydroxylation is 1. The van der Waals surface area contributed by atoms with Crippen molar-refractivity contribution >= 4 is 33.2 Å². The first-order valence-electron chi connectivity index (χ1n) is 6.42. The second-order valence-electron chi connectivity index (χ2n) is 4.63. The van der Waals surface area contributed by atoms with E-state index in [2.05, 4.69) is 39.6 Å². The Morgan fingerprint density at radius 1 is 1.05 bits per heavy atom. The number of benzene rings is 2. The van der Waals surface area contributed by atoms with Crippen LogP contribution in [0.1, 0.15) is 11.1 Å². The molecule has 0 radical (unpaired) electrons. The van der Waals surface area contributed by atoms with E-state index in [0.717, 1.165) is 15.8 Å². The topological polar surface area (TPSA) is 41.1 Å². The third kappa shape index (κ3) is 3.61. The zero-order valence-corrected chi connectivity index (χ0v) is 13.1. The number of rotatable bonds is 4. The molecular weight excluding hydrogens is 316 g/mol. The van der Waals surface area contributed by atoms with Crippen LogP contribution in [0, 0.1) is 13.8 Å². The quantitative estimate of drug-likeness (QED) is 0.884. The molecular formula is C16H17BrN2O. The fraction of sp³-hybridized carbons (Fsp3) is 0.188. The van der Waals surface area contributed by atoms with Crippen molar-refractivity contribution in [3.05, 3.63) is 58.1 Å². The predicted molar refractivity (Wildman–Crippen MR) is 87.2 cm³/mol. The van der Waals surface area contributed by atoms with Crippen molar-refractivity contribution in [3.63, 3.8) is 0 Å². The molecule has 20 heavy (non-hydrogen) atoms. The first-order valence-corrected chi connectivity index (χ1v) is 7.21. The average Bonchev–Trinajstić information content (AvgIpc) is 2.43. The molecule has 0 heterocycles. The van der Waals surface area contributed by atoms with Crippen LogP contribution in [-0.2, 0) is 4.79 Å². The molecule has 0 atom stereocenters. The van der Waals surface area contributed by atoms with Gasteiger partial charge in [0.2, 0.25) is 5.91 Å². The molecule has 0 aliphatic heterocycles. The normalized spacial score (nSPS) is 10.2. The Kier molecular flexibility index (Phi) is 4.79. The minimum atomic E-state index is -0.0715. The smallest absolute Gasteiger partial charge is 0.243 e. The van der Waals surface area contributed by atoms with Crippen molar-refractivity contribution in [1.29, 1.82) is 0 Å². The van der Waals surface area contributed by atoms with Gasteiger partial charge < -0.3 is 10.6 Å². The highest BCUT2D eigenvalue weighted by Gasteiger charge is 2.06. The maximum Gasteiger partial charge on any atom is 0.243 e. The monoisotopic (exact) mass is 332 g/mol. The van der Waals surface area contributed by atoms with Crippen LogP contribution in [0.15, 0.2) is 46.9 Å². The summed E-state index contributed by atoms with van der Waals surface area (Å²) in [5.41, 5.74) is 4.15. The second-order valence-corrected chi connectivity index (χ2v) is 5.48. The number of para-hydroxylation sites is 1. The highest BCUT2D eigenvalue weighted by Crippen LogP contribution is 2.21. The van der Waals surface area contributed by atoms with E-state index in [4.69, 9.17) is 0 Å². The second kappa shape index (κ2) is 6.57. The summed E-state index contributed by atoms with van der Waals surface area (Å²) in [5.74, 6) is -0.0715. The fourth-order valence-corrected chi connectivity index (χ4v) is 2.26. The van der Waals surface area contributed by atoms with E-state index in [0.29, 0.717) is 0 Å². The number of hydrogen-bond acceptors (Lipinski definition) is 2. The molecule has 3 nitrogen and oxygen atoms in total. The Labute approximate surface area is 127 Å². The Morgan fingerprint density at radius 3 is 2.50 bits per heavy atom. The van der Waals surface area contributed by atoms with Crippen molar-refractivity contribution in [2.24, 2.45) is 0 Å². The average molecular weight is 333 g/mol. The molecule has 0 spiro atoms. The molecule has 0 fully saturated rings. The number of hydrogen-bond donors (Lipinski definition) is 2. The zero-order chi connectivity index (χ0) is 14.5. The lowest BCUT2D eigenvalue weighted by atomic mass is 10.1. The molecule has 2 aromatic rings. The number of carbonyl (C=O) groups is 1. The van der Waals surface area contributed by atoms with Gasteiger partial charge in [-0.1, -0.05) is 24.3 Å². The first kappa shape index (κ1) is 14.6. The van der Waals surface area contributed by atoms with Gasteiger partial charge in [-0.2, -0.15) is 0 Å². The molecule has 0 aliphatic carbocycles. The summed E-state index contributed by atoms with van der Waals surface area (Å²) < 4.78 is 0.875. The van der Waals surface area contributed by atoms with Crippen LogP contribution in [0.3, 0.4) is 0 Å². The maximum atomic E-state index is 11.9. The minimum Gasteiger partial charge on any atom is -0.376 e. The van der Waals surface area contributed by atoms with Crippen molar-refractivity contribution in [3.8, 4) is 0 Å². The van der Waals surface area contributed by atoms with E-state index in [9.17, 15) is 4.79 Å². The summed E-state index contributed by atoms with van der Waals surface area (Å²) in [7, 11) is 0. The summed E-state index contributed by atoms with van der Waals surface area (Å²) in [4.78, 5) is 11.9. The lowest BCUT2D eigenvalue weighted by molar-refractivity contribution is -0.114. The third-order valence-electron chi connectivity index (χ3n) is 3.19. The summed E-state index contributed by atoms with van der Waals surface area (Å²) in [6, 6.07) is 13.6. The Hall–Kier alpha value is -1.81. The van der Waals surface area contributed by atoms with Crippen LogP contribution in [0.2, 0.25) is 0 Å². The third-order valence-corrected chi connectivity index (χ3v) is 3.88. The largest absolute Gasteiger partial charge is 0.376 e. The molecule has 4 heteroatoms. The van der Waals surface area contributed by atoms with Gasteiger partial charge in [-0.25, -0.2) is 0 Å². The van der Waals surface area contributed by atoms with Gasteiger partial charge in [0, 0.05) is 10.2 Å². The van der Waals surface area contributed by atoms with E-state index in [1.807, 2.05) is 43.3 Å². The van der Waals surface area contributed by atoms with E-state index >= 15 is 0 Å². The SMILES string of the molecule is Cc1cccc(NCC(=O)Nc2ccccc2Br)c1C. The van der Waals surface area contributed by atoms with Crippen molar-refractivity contribution in [1.82, 2.24) is 0 Å². The van der Waals surface area contributed by atoms with Crippen LogP contribution >= 0.6 is 15.9 Å². The minimum absolute atomic E-state index is 0.0715. The van der Waals surface area contributed by atoms with Gasteiger partial charge >= 0.3 is 0 Å². The maximum absolute atomic E-state index is 11.9. The van der Waals surface area contributed by atoms with Crippen molar-refractivity contribution in [2.75, 3.05) is 17.2 Å². The lowest BCUT2D eigenvalue weighted by Gasteiger charge is -2.12. The summed E-state index contributed by atoms with van der Waals surface area (Å²) in [5, 5.41) is 6.03. The number of halogens is 1. The first-order chi connectivity index (χ1) is 9.58. The summed E-state index contributed by atoms with van der Waals surface area (Å²) >= 11 is 3.41. The van der Waals surface area contributed by atoms with Gasteiger partial charge in [-0.05, 0) is 59.1 Å². The molecule has 2 aromatic carbocycles. The van der Waals surface area contributed by atoms with Gasteiger partial charge in [0.1, 0.15) is 0 Å². The van der Waals surface area contributed by atoms with Crippen LogP contribution in [0.25, 0.3) is 0 Å².